The second kappa shape index (κ2) is 8.10. The molecule has 1 N–H and O–H groups in total. The normalized spacial score (nSPS) is 17.1. The van der Waals surface area contributed by atoms with Gasteiger partial charge < -0.3 is 14.6 Å². The summed E-state index contributed by atoms with van der Waals surface area (Å²) in [6.45, 7) is 6.86. The van der Waals surface area contributed by atoms with Gasteiger partial charge in [0.2, 0.25) is 0 Å². The lowest BCUT2D eigenvalue weighted by Gasteiger charge is -2.35. The summed E-state index contributed by atoms with van der Waals surface area (Å²) in [6.07, 6.45) is 3.09. The second-order valence-corrected chi connectivity index (χ2v) is 9.14. The van der Waals surface area contributed by atoms with Gasteiger partial charge in [-0.2, -0.15) is 0 Å². The van der Waals surface area contributed by atoms with Crippen molar-refractivity contribution < 1.29 is 14.3 Å². The van der Waals surface area contributed by atoms with Crippen molar-refractivity contribution in [3.63, 3.8) is 0 Å². The summed E-state index contributed by atoms with van der Waals surface area (Å²) < 4.78 is 5.46. The first-order valence-corrected chi connectivity index (χ1v) is 10.3. The van der Waals surface area contributed by atoms with E-state index in [0.717, 1.165) is 35.1 Å². The largest absolute Gasteiger partial charge is 0.444 e. The number of H-pyrrole nitrogens is 1. The standard InChI is InChI=1S/C19H24ClN3O3S/c1-19(2,3)26-18(25)23-6-4-12(5-7-23)17(27-11-24)15-8-13-10-21-16(20)9-14(13)22-15/h8-12,17,22H,4-7H2,1-3H3. The minimum Gasteiger partial charge on any atom is -0.444 e. The quantitative estimate of drug-likeness (QED) is 0.578. The topological polar surface area (TPSA) is 75.3 Å². The van der Waals surface area contributed by atoms with E-state index in [-0.39, 0.29) is 17.3 Å². The van der Waals surface area contributed by atoms with E-state index in [1.807, 2.05) is 26.8 Å². The Hall–Kier alpha value is -1.73. The number of thioether (sulfide) groups is 1. The Labute approximate surface area is 168 Å². The number of rotatable bonds is 4. The molecular formula is C19H24ClN3O3S. The van der Waals surface area contributed by atoms with Crippen molar-refractivity contribution in [2.75, 3.05) is 13.1 Å². The highest BCUT2D eigenvalue weighted by Crippen LogP contribution is 2.40. The number of aromatic amines is 1. The number of fused-ring (bicyclic) bond motifs is 1. The molecule has 0 saturated carbocycles. The highest BCUT2D eigenvalue weighted by atomic mass is 35.5. The smallest absolute Gasteiger partial charge is 0.410 e. The first-order chi connectivity index (χ1) is 12.8. The molecule has 1 fully saturated rings. The molecule has 1 aliphatic rings. The van der Waals surface area contributed by atoms with E-state index in [1.165, 1.54) is 11.8 Å². The molecule has 2 aromatic heterocycles. The van der Waals surface area contributed by atoms with Gasteiger partial charge >= 0.3 is 6.09 Å². The molecule has 2 aromatic rings. The van der Waals surface area contributed by atoms with Gasteiger partial charge in [-0.05, 0) is 51.7 Å². The van der Waals surface area contributed by atoms with Crippen LogP contribution in [0.5, 0.6) is 0 Å². The Morgan fingerprint density at radius 3 is 2.74 bits per heavy atom. The Morgan fingerprint density at radius 2 is 2.11 bits per heavy atom. The number of aromatic nitrogens is 2. The maximum atomic E-state index is 12.3. The Bertz CT molecular complexity index is 825. The molecule has 3 rings (SSSR count). The number of nitrogens with zero attached hydrogens (tertiary/aromatic N) is 2. The molecule has 1 unspecified atom stereocenters. The van der Waals surface area contributed by atoms with E-state index < -0.39 is 5.60 Å². The van der Waals surface area contributed by atoms with Crippen molar-refractivity contribution in [1.82, 2.24) is 14.9 Å². The fraction of sp³-hybridized carbons (Fsp3) is 0.526. The molecule has 1 saturated heterocycles. The maximum absolute atomic E-state index is 12.3. The molecule has 0 bridgehead atoms. The molecule has 0 spiro atoms. The van der Waals surface area contributed by atoms with Crippen molar-refractivity contribution >= 4 is 46.0 Å². The number of amides is 1. The zero-order valence-corrected chi connectivity index (χ0v) is 17.3. The molecule has 27 heavy (non-hydrogen) atoms. The predicted molar refractivity (Wildman–Crippen MR) is 109 cm³/mol. The first-order valence-electron chi connectivity index (χ1n) is 8.98. The molecule has 6 nitrogen and oxygen atoms in total. The van der Waals surface area contributed by atoms with E-state index in [4.69, 9.17) is 16.3 Å². The van der Waals surface area contributed by atoms with Crippen LogP contribution in [0.15, 0.2) is 18.3 Å². The Kier molecular flexibility index (Phi) is 6.01. The molecule has 0 aromatic carbocycles. The second-order valence-electron chi connectivity index (χ2n) is 7.78. The number of carbonyl (C=O) groups is 2. The molecule has 8 heteroatoms. The Balaban J connectivity index is 1.71. The number of piperidine rings is 1. The average molecular weight is 410 g/mol. The summed E-state index contributed by atoms with van der Waals surface area (Å²) in [5, 5.41) is 1.41. The van der Waals surface area contributed by atoms with Crippen LogP contribution in [0.25, 0.3) is 10.9 Å². The molecular weight excluding hydrogens is 386 g/mol. The summed E-state index contributed by atoms with van der Waals surface area (Å²) in [5.41, 5.74) is 2.29. The zero-order valence-electron chi connectivity index (χ0n) is 15.7. The molecule has 1 amide bonds. The van der Waals surface area contributed by atoms with Gasteiger partial charge in [-0.25, -0.2) is 9.78 Å². The van der Waals surface area contributed by atoms with E-state index in [0.29, 0.717) is 18.2 Å². The zero-order chi connectivity index (χ0) is 19.6. The van der Waals surface area contributed by atoms with Crippen LogP contribution in [-0.4, -0.2) is 45.3 Å². The fourth-order valence-corrected chi connectivity index (χ4v) is 4.43. The number of nitrogens with one attached hydrogen (secondary N) is 1. The van der Waals surface area contributed by atoms with Gasteiger partial charge in [-0.1, -0.05) is 23.4 Å². The van der Waals surface area contributed by atoms with Gasteiger partial charge in [0, 0.05) is 30.4 Å². The van der Waals surface area contributed by atoms with Gasteiger partial charge in [0.15, 0.2) is 5.62 Å². The number of likely N-dealkylation sites (tertiary alicyclic amines) is 1. The molecule has 0 aliphatic carbocycles. The number of ether oxygens (including phenoxy) is 1. The van der Waals surface area contributed by atoms with Crippen molar-refractivity contribution in [1.29, 1.82) is 0 Å². The van der Waals surface area contributed by atoms with Crippen molar-refractivity contribution in [3.05, 3.63) is 29.2 Å². The fourth-order valence-electron chi connectivity index (χ4n) is 3.39. The first kappa shape index (κ1) is 20.0. The van der Waals surface area contributed by atoms with Crippen LogP contribution in [-0.2, 0) is 9.53 Å². The van der Waals surface area contributed by atoms with Crippen molar-refractivity contribution in [2.24, 2.45) is 5.92 Å². The molecule has 3 heterocycles. The highest BCUT2D eigenvalue weighted by molar-refractivity contribution is 8.12. The van der Waals surface area contributed by atoms with Crippen LogP contribution in [0.3, 0.4) is 0 Å². The number of hydrogen-bond donors (Lipinski definition) is 1. The summed E-state index contributed by atoms with van der Waals surface area (Å²) in [6, 6.07) is 3.81. The van der Waals surface area contributed by atoms with E-state index in [1.54, 1.807) is 17.2 Å². The van der Waals surface area contributed by atoms with Gasteiger partial charge in [-0.15, -0.1) is 0 Å². The maximum Gasteiger partial charge on any atom is 0.410 e. The van der Waals surface area contributed by atoms with Gasteiger partial charge in [0.25, 0.3) is 0 Å². The third-order valence-corrected chi connectivity index (χ3v) is 5.87. The molecule has 1 aliphatic heterocycles. The third kappa shape index (κ3) is 4.96. The number of hydrogen-bond acceptors (Lipinski definition) is 5. The number of pyridine rings is 1. The van der Waals surface area contributed by atoms with Crippen LogP contribution in [0.1, 0.15) is 44.6 Å². The molecule has 0 radical (unpaired) electrons. The van der Waals surface area contributed by atoms with E-state index in [9.17, 15) is 9.59 Å². The summed E-state index contributed by atoms with van der Waals surface area (Å²) in [7, 11) is 0. The SMILES string of the molecule is CC(C)(C)OC(=O)N1CCC(C(SC=O)c2cc3cnc(Cl)cc3[nH]2)CC1. The van der Waals surface area contributed by atoms with Crippen molar-refractivity contribution in [2.45, 2.75) is 44.5 Å². The van der Waals surface area contributed by atoms with E-state index in [2.05, 4.69) is 9.97 Å². The lowest BCUT2D eigenvalue weighted by Crippen LogP contribution is -2.42. The molecule has 146 valence electrons. The number of carbonyl (C=O) groups excluding carboxylic acids is 2. The van der Waals surface area contributed by atoms with Crippen LogP contribution in [0.4, 0.5) is 4.79 Å². The van der Waals surface area contributed by atoms with Crippen molar-refractivity contribution in [3.8, 4) is 0 Å². The van der Waals surface area contributed by atoms with Crippen LogP contribution < -0.4 is 0 Å². The molecule has 1 atom stereocenters. The third-order valence-electron chi connectivity index (χ3n) is 4.62. The van der Waals surface area contributed by atoms with Crippen LogP contribution in [0.2, 0.25) is 5.15 Å². The van der Waals surface area contributed by atoms with E-state index >= 15 is 0 Å². The average Bonchev–Trinajstić information content (AvgIpc) is 3.01. The Morgan fingerprint density at radius 1 is 1.41 bits per heavy atom. The highest BCUT2D eigenvalue weighted by Gasteiger charge is 2.32. The monoisotopic (exact) mass is 409 g/mol. The van der Waals surface area contributed by atoms with Crippen LogP contribution in [0, 0.1) is 5.92 Å². The van der Waals surface area contributed by atoms with Gasteiger partial charge in [0.05, 0.1) is 10.8 Å². The minimum absolute atomic E-state index is 0.00876. The minimum atomic E-state index is -0.497. The lowest BCUT2D eigenvalue weighted by molar-refractivity contribution is 0.0183. The summed E-state index contributed by atoms with van der Waals surface area (Å²) in [4.78, 5) is 32.7. The van der Waals surface area contributed by atoms with Crippen LogP contribution >= 0.6 is 23.4 Å². The van der Waals surface area contributed by atoms with Gasteiger partial charge in [0.1, 0.15) is 10.8 Å². The lowest BCUT2D eigenvalue weighted by atomic mass is 9.92. The predicted octanol–water partition coefficient (Wildman–Crippen LogP) is 4.83. The van der Waals surface area contributed by atoms with Gasteiger partial charge in [-0.3, -0.25) is 4.79 Å². The number of halogens is 1. The summed E-state index contributed by atoms with van der Waals surface area (Å²) in [5.74, 6) is 0.287. The summed E-state index contributed by atoms with van der Waals surface area (Å²) >= 11 is 7.24.